The zero-order chi connectivity index (χ0) is 12.3. The maximum absolute atomic E-state index is 11.8. The Kier molecular flexibility index (Phi) is 4.15. The first-order chi connectivity index (χ1) is 7.29. The number of amides is 1. The van der Waals surface area contributed by atoms with Crippen molar-refractivity contribution in [1.29, 1.82) is 0 Å². The Morgan fingerprint density at radius 3 is 2.62 bits per heavy atom. The zero-order valence-electron chi connectivity index (χ0n) is 10.6. The molecule has 0 radical (unpaired) electrons. The smallest absolute Gasteiger partial charge is 0.410 e. The summed E-state index contributed by atoms with van der Waals surface area (Å²) >= 11 is 0. The van der Waals surface area contributed by atoms with Gasteiger partial charge in [0.1, 0.15) is 5.60 Å². The minimum atomic E-state index is -0.463. The minimum absolute atomic E-state index is 0.0151. The number of piperidine rings is 1. The number of nitrogens with zero attached hydrogens (tertiary/aromatic N) is 2. The highest BCUT2D eigenvalue weighted by molar-refractivity contribution is 5.68. The van der Waals surface area contributed by atoms with Crippen LogP contribution in [0.4, 0.5) is 4.79 Å². The van der Waals surface area contributed by atoms with E-state index >= 15 is 0 Å². The molecule has 0 aromatic rings. The lowest BCUT2D eigenvalue weighted by Gasteiger charge is -2.35. The Hall–Kier alpha value is -0.810. The molecular weight excluding hydrogens is 208 g/mol. The van der Waals surface area contributed by atoms with Crippen LogP contribution in [0.2, 0.25) is 0 Å². The van der Waals surface area contributed by atoms with Crippen LogP contribution in [0.15, 0.2) is 0 Å². The van der Waals surface area contributed by atoms with E-state index in [9.17, 15) is 10.0 Å². The first-order valence-electron chi connectivity index (χ1n) is 5.69. The molecule has 0 aliphatic carbocycles. The van der Waals surface area contributed by atoms with Crippen LogP contribution in [0.5, 0.6) is 0 Å². The lowest BCUT2D eigenvalue weighted by atomic mass is 10.1. The maximum Gasteiger partial charge on any atom is 0.410 e. The van der Waals surface area contributed by atoms with Gasteiger partial charge in [-0.15, -0.1) is 0 Å². The third kappa shape index (κ3) is 3.98. The highest BCUT2D eigenvalue weighted by Gasteiger charge is 2.28. The van der Waals surface area contributed by atoms with Crippen LogP contribution in [0.25, 0.3) is 0 Å². The summed E-state index contributed by atoms with van der Waals surface area (Å²) in [5.41, 5.74) is -0.463. The van der Waals surface area contributed by atoms with Crippen molar-refractivity contribution in [3.8, 4) is 0 Å². The van der Waals surface area contributed by atoms with Gasteiger partial charge < -0.3 is 14.8 Å². The lowest BCUT2D eigenvalue weighted by Crippen LogP contribution is -2.49. The topological polar surface area (TPSA) is 53.0 Å². The third-order valence-electron chi connectivity index (χ3n) is 2.58. The molecular formula is C11H22N2O3. The molecule has 94 valence electrons. The van der Waals surface area contributed by atoms with Gasteiger partial charge in [-0.05, 0) is 33.6 Å². The van der Waals surface area contributed by atoms with Crippen molar-refractivity contribution in [2.24, 2.45) is 0 Å². The number of hydrogen-bond acceptors (Lipinski definition) is 4. The SMILES string of the molecule is CN(O)C1CCCN(C(=O)OC(C)(C)C)C1. The number of carbonyl (C=O) groups excluding carboxylic acids is 1. The Balaban J connectivity index is 2.50. The van der Waals surface area contributed by atoms with Crippen LogP contribution in [0.1, 0.15) is 33.6 Å². The van der Waals surface area contributed by atoms with Gasteiger partial charge in [-0.1, -0.05) is 0 Å². The molecule has 0 aromatic carbocycles. The van der Waals surface area contributed by atoms with E-state index in [2.05, 4.69) is 0 Å². The summed E-state index contributed by atoms with van der Waals surface area (Å²) in [6.07, 6.45) is 1.51. The van der Waals surface area contributed by atoms with Crippen molar-refractivity contribution in [3.05, 3.63) is 0 Å². The predicted molar refractivity (Wildman–Crippen MR) is 60.4 cm³/mol. The van der Waals surface area contributed by atoms with Crippen LogP contribution in [-0.2, 0) is 4.74 Å². The monoisotopic (exact) mass is 230 g/mol. The second kappa shape index (κ2) is 5.01. The summed E-state index contributed by atoms with van der Waals surface area (Å²) in [5, 5.41) is 10.5. The normalized spacial score (nSPS) is 22.4. The van der Waals surface area contributed by atoms with E-state index in [4.69, 9.17) is 4.74 Å². The van der Waals surface area contributed by atoms with Gasteiger partial charge in [0.15, 0.2) is 0 Å². The lowest BCUT2D eigenvalue weighted by molar-refractivity contribution is -0.118. The van der Waals surface area contributed by atoms with E-state index in [1.807, 2.05) is 20.8 Å². The van der Waals surface area contributed by atoms with Crippen molar-refractivity contribution in [3.63, 3.8) is 0 Å². The zero-order valence-corrected chi connectivity index (χ0v) is 10.6. The highest BCUT2D eigenvalue weighted by atomic mass is 16.6. The molecule has 0 bridgehead atoms. The standard InChI is InChI=1S/C11H22N2O3/c1-11(2,3)16-10(14)13-7-5-6-9(8-13)12(4)15/h9,15H,5-8H2,1-4H3. The molecule has 1 atom stereocenters. The Morgan fingerprint density at radius 2 is 2.12 bits per heavy atom. The van der Waals surface area contributed by atoms with Crippen molar-refractivity contribution < 1.29 is 14.7 Å². The molecule has 0 saturated carbocycles. The van der Waals surface area contributed by atoms with Gasteiger partial charge in [-0.3, -0.25) is 0 Å². The van der Waals surface area contributed by atoms with Crippen LogP contribution in [-0.4, -0.2) is 53.0 Å². The number of hydroxylamine groups is 2. The summed E-state index contributed by atoms with van der Waals surface area (Å²) in [6, 6.07) is 0.0151. The van der Waals surface area contributed by atoms with Gasteiger partial charge in [0.2, 0.25) is 0 Å². The Morgan fingerprint density at radius 1 is 1.50 bits per heavy atom. The van der Waals surface area contributed by atoms with E-state index in [1.165, 1.54) is 5.06 Å². The van der Waals surface area contributed by atoms with E-state index in [1.54, 1.807) is 11.9 Å². The summed E-state index contributed by atoms with van der Waals surface area (Å²) < 4.78 is 5.29. The molecule has 1 saturated heterocycles. The second-order valence-electron chi connectivity index (χ2n) is 5.30. The first-order valence-corrected chi connectivity index (χ1v) is 5.69. The van der Waals surface area contributed by atoms with Gasteiger partial charge in [0.05, 0.1) is 6.04 Å². The fourth-order valence-corrected chi connectivity index (χ4v) is 1.75. The quantitative estimate of drug-likeness (QED) is 0.697. The van der Waals surface area contributed by atoms with E-state index in [0.717, 1.165) is 12.8 Å². The summed E-state index contributed by atoms with van der Waals surface area (Å²) in [4.78, 5) is 13.4. The van der Waals surface area contributed by atoms with Crippen molar-refractivity contribution in [2.45, 2.75) is 45.3 Å². The van der Waals surface area contributed by atoms with Gasteiger partial charge in [-0.25, -0.2) is 4.79 Å². The number of carbonyl (C=O) groups is 1. The Bertz CT molecular complexity index is 248. The summed E-state index contributed by atoms with van der Waals surface area (Å²) in [6.45, 7) is 6.79. The Labute approximate surface area is 96.9 Å². The molecule has 1 aliphatic rings. The molecule has 1 fully saturated rings. The molecule has 0 aromatic heterocycles. The van der Waals surface area contributed by atoms with Crippen molar-refractivity contribution in [2.75, 3.05) is 20.1 Å². The molecule has 1 rings (SSSR count). The molecule has 0 spiro atoms. The number of rotatable bonds is 1. The van der Waals surface area contributed by atoms with E-state index in [0.29, 0.717) is 13.1 Å². The number of hydrogen-bond donors (Lipinski definition) is 1. The minimum Gasteiger partial charge on any atom is -0.444 e. The number of likely N-dealkylation sites (tertiary alicyclic amines) is 1. The molecule has 5 heteroatoms. The van der Waals surface area contributed by atoms with Gasteiger partial charge in [0, 0.05) is 20.1 Å². The van der Waals surface area contributed by atoms with Crippen LogP contribution in [0.3, 0.4) is 0 Å². The second-order valence-corrected chi connectivity index (χ2v) is 5.30. The molecule has 16 heavy (non-hydrogen) atoms. The first kappa shape index (κ1) is 13.3. The highest BCUT2D eigenvalue weighted by Crippen LogP contribution is 2.17. The van der Waals surface area contributed by atoms with Crippen LogP contribution < -0.4 is 0 Å². The van der Waals surface area contributed by atoms with E-state index in [-0.39, 0.29) is 12.1 Å². The fraction of sp³-hybridized carbons (Fsp3) is 0.909. The average Bonchev–Trinajstić information content (AvgIpc) is 2.15. The van der Waals surface area contributed by atoms with Crippen molar-refractivity contribution in [1.82, 2.24) is 9.96 Å². The molecule has 1 aliphatic heterocycles. The van der Waals surface area contributed by atoms with Crippen LogP contribution >= 0.6 is 0 Å². The summed E-state index contributed by atoms with van der Waals surface area (Å²) in [5.74, 6) is 0. The summed E-state index contributed by atoms with van der Waals surface area (Å²) in [7, 11) is 1.61. The molecule has 1 unspecified atom stereocenters. The van der Waals surface area contributed by atoms with Gasteiger partial charge >= 0.3 is 6.09 Å². The number of likely N-dealkylation sites (N-methyl/N-ethyl adjacent to an activating group) is 1. The van der Waals surface area contributed by atoms with E-state index < -0.39 is 5.60 Å². The number of ether oxygens (including phenoxy) is 1. The molecule has 1 heterocycles. The van der Waals surface area contributed by atoms with Gasteiger partial charge in [-0.2, -0.15) is 5.06 Å². The van der Waals surface area contributed by atoms with Gasteiger partial charge in [0.25, 0.3) is 0 Å². The molecule has 1 amide bonds. The third-order valence-corrected chi connectivity index (χ3v) is 2.58. The van der Waals surface area contributed by atoms with Crippen LogP contribution in [0, 0.1) is 0 Å². The largest absolute Gasteiger partial charge is 0.444 e. The maximum atomic E-state index is 11.8. The molecule has 1 N–H and O–H groups in total. The van der Waals surface area contributed by atoms with Crippen molar-refractivity contribution >= 4 is 6.09 Å². The molecule has 5 nitrogen and oxygen atoms in total. The predicted octanol–water partition coefficient (Wildman–Crippen LogP) is 1.71. The fourth-order valence-electron chi connectivity index (χ4n) is 1.75. The average molecular weight is 230 g/mol.